The zero-order valence-electron chi connectivity index (χ0n) is 11.4. The number of nitrogens with two attached hydrogens (primary N) is 1. The zero-order valence-corrected chi connectivity index (χ0v) is 11.4. The van der Waals surface area contributed by atoms with Gasteiger partial charge in [0.15, 0.2) is 0 Å². The summed E-state index contributed by atoms with van der Waals surface area (Å²) in [5.74, 6) is 1.63. The molecule has 2 unspecified atom stereocenters. The molecule has 3 rings (SSSR count). The van der Waals surface area contributed by atoms with Gasteiger partial charge in [-0.15, -0.1) is 0 Å². The lowest BCUT2D eigenvalue weighted by atomic mass is 9.90. The largest absolute Gasteiger partial charge is 0.490 e. The van der Waals surface area contributed by atoms with Crippen LogP contribution < -0.4 is 10.5 Å². The Labute approximate surface area is 115 Å². The quantitative estimate of drug-likeness (QED) is 0.909. The van der Waals surface area contributed by atoms with Crippen LogP contribution in [-0.2, 0) is 4.74 Å². The second-order valence-electron chi connectivity index (χ2n) is 5.75. The van der Waals surface area contributed by atoms with E-state index < -0.39 is 0 Å². The molecule has 2 atom stereocenters. The summed E-state index contributed by atoms with van der Waals surface area (Å²) >= 11 is 0. The summed E-state index contributed by atoms with van der Waals surface area (Å²) in [5.41, 5.74) is 7.37. The molecule has 0 aromatic heterocycles. The predicted molar refractivity (Wildman–Crippen MR) is 75.2 cm³/mol. The first-order chi connectivity index (χ1) is 9.34. The van der Waals surface area contributed by atoms with Crippen molar-refractivity contribution in [2.24, 2.45) is 11.7 Å². The summed E-state index contributed by atoms with van der Waals surface area (Å²) in [5, 5.41) is 0. The highest BCUT2D eigenvalue weighted by atomic mass is 16.5. The summed E-state index contributed by atoms with van der Waals surface area (Å²) in [6, 6.07) is 7.94. The predicted octanol–water partition coefficient (Wildman–Crippen LogP) is 3.04. The smallest absolute Gasteiger partial charge is 0.124 e. The third kappa shape index (κ3) is 2.93. The summed E-state index contributed by atoms with van der Waals surface area (Å²) in [4.78, 5) is 0. The molecule has 2 aliphatic rings. The molecule has 1 aromatic rings. The van der Waals surface area contributed by atoms with Crippen molar-refractivity contribution in [1.82, 2.24) is 0 Å². The van der Waals surface area contributed by atoms with Gasteiger partial charge in [-0.25, -0.2) is 0 Å². The summed E-state index contributed by atoms with van der Waals surface area (Å²) in [6.07, 6.45) is 6.69. The molecule has 1 fully saturated rings. The van der Waals surface area contributed by atoms with Crippen LogP contribution in [0.2, 0.25) is 0 Å². The molecule has 0 saturated heterocycles. The van der Waals surface area contributed by atoms with Gasteiger partial charge in [0.25, 0.3) is 0 Å². The molecule has 104 valence electrons. The highest BCUT2D eigenvalue weighted by Crippen LogP contribution is 2.32. The van der Waals surface area contributed by atoms with E-state index in [1.54, 1.807) is 0 Å². The fourth-order valence-corrected chi connectivity index (χ4v) is 3.13. The van der Waals surface area contributed by atoms with Crippen molar-refractivity contribution in [3.05, 3.63) is 29.8 Å². The molecule has 1 heterocycles. The second kappa shape index (κ2) is 5.93. The molecular formula is C16H23NO2. The Morgan fingerprint density at radius 2 is 1.95 bits per heavy atom. The summed E-state index contributed by atoms with van der Waals surface area (Å²) in [6.45, 7) is 1.41. The molecule has 0 bridgehead atoms. The average Bonchev–Trinajstić information content (AvgIpc) is 2.48. The Balaban J connectivity index is 1.57. The summed E-state index contributed by atoms with van der Waals surface area (Å²) in [7, 11) is 0. The van der Waals surface area contributed by atoms with Gasteiger partial charge in [-0.3, -0.25) is 0 Å². The minimum absolute atomic E-state index is 0.00294. The lowest BCUT2D eigenvalue weighted by Gasteiger charge is -2.32. The van der Waals surface area contributed by atoms with Crippen LogP contribution in [0.1, 0.15) is 43.7 Å². The first kappa shape index (κ1) is 12.9. The topological polar surface area (TPSA) is 44.5 Å². The number of fused-ring (bicyclic) bond motifs is 1. The molecule has 0 amide bonds. The molecule has 1 aliphatic carbocycles. The van der Waals surface area contributed by atoms with Crippen LogP contribution in [0.3, 0.4) is 0 Å². The van der Waals surface area contributed by atoms with E-state index in [0.717, 1.165) is 23.8 Å². The van der Waals surface area contributed by atoms with E-state index in [9.17, 15) is 0 Å². The van der Waals surface area contributed by atoms with Crippen molar-refractivity contribution in [3.63, 3.8) is 0 Å². The first-order valence-electron chi connectivity index (χ1n) is 7.43. The van der Waals surface area contributed by atoms with Crippen LogP contribution in [-0.4, -0.2) is 19.3 Å². The minimum Gasteiger partial charge on any atom is -0.490 e. The number of benzene rings is 1. The van der Waals surface area contributed by atoms with Gasteiger partial charge < -0.3 is 15.2 Å². The van der Waals surface area contributed by atoms with Crippen LogP contribution in [0.15, 0.2) is 24.3 Å². The Hall–Kier alpha value is -1.06. The maximum absolute atomic E-state index is 6.30. The fraction of sp³-hybridized carbons (Fsp3) is 0.625. The molecule has 1 aliphatic heterocycles. The lowest BCUT2D eigenvalue weighted by molar-refractivity contribution is -0.0272. The van der Waals surface area contributed by atoms with E-state index in [0.29, 0.717) is 6.61 Å². The van der Waals surface area contributed by atoms with Gasteiger partial charge in [0.2, 0.25) is 0 Å². The van der Waals surface area contributed by atoms with Gasteiger partial charge in [-0.05, 0) is 24.8 Å². The van der Waals surface area contributed by atoms with Crippen LogP contribution in [0.25, 0.3) is 0 Å². The maximum Gasteiger partial charge on any atom is 0.124 e. The molecule has 3 nitrogen and oxygen atoms in total. The SMILES string of the molecule is NC1c2ccccc2OCC1OCC1CCCCC1. The third-order valence-corrected chi connectivity index (χ3v) is 4.35. The van der Waals surface area contributed by atoms with Gasteiger partial charge in [-0.1, -0.05) is 37.5 Å². The number of rotatable bonds is 3. The Kier molecular flexibility index (Phi) is 4.04. The summed E-state index contributed by atoms with van der Waals surface area (Å²) < 4.78 is 11.8. The average molecular weight is 261 g/mol. The highest BCUT2D eigenvalue weighted by Gasteiger charge is 2.29. The number of ether oxygens (including phenoxy) is 2. The van der Waals surface area contributed by atoms with Gasteiger partial charge in [-0.2, -0.15) is 0 Å². The van der Waals surface area contributed by atoms with Gasteiger partial charge in [0.05, 0.1) is 12.6 Å². The van der Waals surface area contributed by atoms with Crippen molar-refractivity contribution in [3.8, 4) is 5.75 Å². The molecule has 1 saturated carbocycles. The van der Waals surface area contributed by atoms with Gasteiger partial charge in [0.1, 0.15) is 18.5 Å². The van der Waals surface area contributed by atoms with Crippen LogP contribution in [0.4, 0.5) is 0 Å². The van der Waals surface area contributed by atoms with Crippen molar-refractivity contribution in [2.45, 2.75) is 44.2 Å². The Morgan fingerprint density at radius 1 is 1.16 bits per heavy atom. The molecular weight excluding hydrogens is 238 g/mol. The van der Waals surface area contributed by atoms with Crippen molar-refractivity contribution in [2.75, 3.05) is 13.2 Å². The molecule has 19 heavy (non-hydrogen) atoms. The number of hydrogen-bond donors (Lipinski definition) is 1. The maximum atomic E-state index is 6.30. The van der Waals surface area contributed by atoms with Gasteiger partial charge >= 0.3 is 0 Å². The molecule has 3 heteroatoms. The van der Waals surface area contributed by atoms with E-state index in [2.05, 4.69) is 0 Å². The molecule has 0 spiro atoms. The monoisotopic (exact) mass is 261 g/mol. The number of para-hydroxylation sites is 1. The molecule has 0 radical (unpaired) electrons. The van der Waals surface area contributed by atoms with Gasteiger partial charge in [0, 0.05) is 5.56 Å². The zero-order chi connectivity index (χ0) is 13.1. The van der Waals surface area contributed by atoms with Crippen molar-refractivity contribution in [1.29, 1.82) is 0 Å². The third-order valence-electron chi connectivity index (χ3n) is 4.35. The lowest BCUT2D eigenvalue weighted by Crippen LogP contribution is -2.39. The van der Waals surface area contributed by atoms with E-state index >= 15 is 0 Å². The standard InChI is InChI=1S/C16H23NO2/c17-16-13-8-4-5-9-14(13)19-11-15(16)18-10-12-6-2-1-3-7-12/h4-5,8-9,12,15-16H,1-3,6-7,10-11,17H2. The molecule has 2 N–H and O–H groups in total. The number of hydrogen-bond acceptors (Lipinski definition) is 3. The molecule has 1 aromatic carbocycles. The van der Waals surface area contributed by atoms with E-state index in [-0.39, 0.29) is 12.1 Å². The second-order valence-corrected chi connectivity index (χ2v) is 5.75. The van der Waals surface area contributed by atoms with E-state index in [1.165, 1.54) is 32.1 Å². The van der Waals surface area contributed by atoms with Crippen molar-refractivity contribution >= 4 is 0 Å². The Morgan fingerprint density at radius 3 is 2.79 bits per heavy atom. The van der Waals surface area contributed by atoms with Crippen molar-refractivity contribution < 1.29 is 9.47 Å². The Bertz CT molecular complexity index is 415. The minimum atomic E-state index is -0.0615. The first-order valence-corrected chi connectivity index (χ1v) is 7.43. The van der Waals surface area contributed by atoms with Crippen LogP contribution >= 0.6 is 0 Å². The van der Waals surface area contributed by atoms with Crippen LogP contribution in [0.5, 0.6) is 5.75 Å². The van der Waals surface area contributed by atoms with Crippen LogP contribution in [0, 0.1) is 5.92 Å². The normalized spacial score (nSPS) is 27.6. The fourth-order valence-electron chi connectivity index (χ4n) is 3.13. The van der Waals surface area contributed by atoms with E-state index in [4.69, 9.17) is 15.2 Å². The highest BCUT2D eigenvalue weighted by molar-refractivity contribution is 5.38. The van der Waals surface area contributed by atoms with E-state index in [1.807, 2.05) is 24.3 Å².